The molecule has 0 spiro atoms. The van der Waals surface area contributed by atoms with E-state index in [9.17, 15) is 0 Å². The molecule has 1 aromatic rings. The third-order valence-electron chi connectivity index (χ3n) is 4.75. The zero-order chi connectivity index (χ0) is 19.3. The average Bonchev–Trinajstić information content (AvgIpc) is 2.70. The van der Waals surface area contributed by atoms with Gasteiger partial charge >= 0.3 is 0 Å². The van der Waals surface area contributed by atoms with Crippen LogP contribution in [-0.2, 0) is 22.6 Å². The molecule has 0 unspecified atom stereocenters. The van der Waals surface area contributed by atoms with Crippen molar-refractivity contribution in [2.24, 2.45) is 4.99 Å². The normalized spacial score (nSPS) is 15.9. The molecule has 1 aromatic carbocycles. The van der Waals surface area contributed by atoms with E-state index in [0.717, 1.165) is 71.6 Å². The monoisotopic (exact) mass is 377 g/mol. The number of guanidine groups is 1. The van der Waals surface area contributed by atoms with Crippen molar-refractivity contribution in [3.63, 3.8) is 0 Å². The first-order valence-corrected chi connectivity index (χ1v) is 9.72. The van der Waals surface area contributed by atoms with E-state index in [-0.39, 0.29) is 0 Å². The van der Waals surface area contributed by atoms with Gasteiger partial charge in [-0.05, 0) is 18.2 Å². The Labute approximate surface area is 163 Å². The van der Waals surface area contributed by atoms with Crippen LogP contribution in [0.5, 0.6) is 0 Å². The molecule has 0 saturated carbocycles. The molecule has 7 heteroatoms. The summed E-state index contributed by atoms with van der Waals surface area (Å²) in [4.78, 5) is 9.02. The molecule has 1 aliphatic heterocycles. The minimum absolute atomic E-state index is 0.753. The third kappa shape index (κ3) is 8.26. The second-order valence-electron chi connectivity index (χ2n) is 6.81. The van der Waals surface area contributed by atoms with Crippen molar-refractivity contribution in [1.29, 1.82) is 0 Å². The topological polar surface area (TPSA) is 61.4 Å². The maximum atomic E-state index is 5.45. The van der Waals surface area contributed by atoms with Gasteiger partial charge in [0, 0.05) is 60.0 Å². The standard InChI is InChI=1S/C20H35N5O2/c1-21-20(22-8-9-24(2)10-13-26-3)23-16-18-6-4-5-7-19(18)17-25-11-14-27-15-12-25/h4-7H,8-17H2,1-3H3,(H2,21,22,23). The van der Waals surface area contributed by atoms with Gasteiger partial charge in [0.2, 0.25) is 0 Å². The van der Waals surface area contributed by atoms with Crippen LogP contribution >= 0.6 is 0 Å². The largest absolute Gasteiger partial charge is 0.383 e. The van der Waals surface area contributed by atoms with E-state index in [1.165, 1.54) is 11.1 Å². The zero-order valence-corrected chi connectivity index (χ0v) is 17.0. The second kappa shape index (κ2) is 12.7. The summed E-state index contributed by atoms with van der Waals surface area (Å²) in [6.07, 6.45) is 0. The first-order valence-electron chi connectivity index (χ1n) is 9.72. The Morgan fingerprint density at radius 1 is 1.19 bits per heavy atom. The molecule has 0 radical (unpaired) electrons. The number of likely N-dealkylation sites (N-methyl/N-ethyl adjacent to an activating group) is 1. The lowest BCUT2D eigenvalue weighted by Gasteiger charge is -2.27. The predicted octanol–water partition coefficient (Wildman–Crippen LogP) is 0.762. The highest BCUT2D eigenvalue weighted by atomic mass is 16.5. The van der Waals surface area contributed by atoms with Crippen LogP contribution in [0.25, 0.3) is 0 Å². The maximum Gasteiger partial charge on any atom is 0.191 e. The molecule has 0 aliphatic carbocycles. The van der Waals surface area contributed by atoms with Crippen LogP contribution in [0, 0.1) is 0 Å². The molecular formula is C20H35N5O2. The van der Waals surface area contributed by atoms with E-state index >= 15 is 0 Å². The summed E-state index contributed by atoms with van der Waals surface area (Å²) in [5, 5.41) is 6.81. The number of hydrogen-bond donors (Lipinski definition) is 2. The quantitative estimate of drug-likeness (QED) is 0.464. The van der Waals surface area contributed by atoms with Crippen LogP contribution < -0.4 is 10.6 Å². The number of hydrogen-bond acceptors (Lipinski definition) is 5. The maximum absolute atomic E-state index is 5.45. The van der Waals surface area contributed by atoms with Gasteiger partial charge in [-0.2, -0.15) is 0 Å². The average molecular weight is 378 g/mol. The van der Waals surface area contributed by atoms with Crippen LogP contribution in [0.2, 0.25) is 0 Å². The van der Waals surface area contributed by atoms with Gasteiger partial charge in [0.1, 0.15) is 0 Å². The van der Waals surface area contributed by atoms with Crippen molar-refractivity contribution in [3.8, 4) is 0 Å². The summed E-state index contributed by atoms with van der Waals surface area (Å²) >= 11 is 0. The Morgan fingerprint density at radius 2 is 1.93 bits per heavy atom. The first kappa shape index (κ1) is 21.6. The molecule has 27 heavy (non-hydrogen) atoms. The summed E-state index contributed by atoms with van der Waals surface area (Å²) in [7, 11) is 5.64. The van der Waals surface area contributed by atoms with Crippen molar-refractivity contribution in [3.05, 3.63) is 35.4 Å². The van der Waals surface area contributed by atoms with Gasteiger partial charge in [-0.15, -0.1) is 0 Å². The second-order valence-corrected chi connectivity index (χ2v) is 6.81. The fourth-order valence-corrected chi connectivity index (χ4v) is 3.01. The third-order valence-corrected chi connectivity index (χ3v) is 4.75. The lowest BCUT2D eigenvalue weighted by Crippen LogP contribution is -2.41. The highest BCUT2D eigenvalue weighted by Crippen LogP contribution is 2.12. The van der Waals surface area contributed by atoms with Gasteiger partial charge in [-0.1, -0.05) is 24.3 Å². The van der Waals surface area contributed by atoms with Gasteiger partial charge in [-0.3, -0.25) is 9.89 Å². The molecule has 1 heterocycles. The fraction of sp³-hybridized carbons (Fsp3) is 0.650. The highest BCUT2D eigenvalue weighted by Gasteiger charge is 2.12. The van der Waals surface area contributed by atoms with Crippen molar-refractivity contribution in [2.75, 3.05) is 73.7 Å². The Balaban J connectivity index is 1.78. The number of rotatable bonds is 10. The lowest BCUT2D eigenvalue weighted by molar-refractivity contribution is 0.0341. The minimum Gasteiger partial charge on any atom is -0.383 e. The molecule has 152 valence electrons. The molecule has 0 aromatic heterocycles. The zero-order valence-electron chi connectivity index (χ0n) is 17.0. The van der Waals surface area contributed by atoms with Crippen LogP contribution in [-0.4, -0.2) is 89.5 Å². The molecular weight excluding hydrogens is 342 g/mol. The summed E-state index contributed by atoms with van der Waals surface area (Å²) in [5.74, 6) is 0.830. The minimum atomic E-state index is 0.753. The van der Waals surface area contributed by atoms with Crippen LogP contribution in [0.3, 0.4) is 0 Å². The van der Waals surface area contributed by atoms with E-state index in [2.05, 4.69) is 56.7 Å². The van der Waals surface area contributed by atoms with Crippen molar-refractivity contribution in [2.45, 2.75) is 13.1 Å². The first-order chi connectivity index (χ1) is 13.2. The molecule has 1 aliphatic rings. The Kier molecular flexibility index (Phi) is 10.1. The molecule has 1 saturated heterocycles. The summed E-state index contributed by atoms with van der Waals surface area (Å²) < 4.78 is 10.6. The predicted molar refractivity (Wildman–Crippen MR) is 110 cm³/mol. The molecule has 0 atom stereocenters. The van der Waals surface area contributed by atoms with Gasteiger partial charge in [0.05, 0.1) is 19.8 Å². The number of benzene rings is 1. The molecule has 1 fully saturated rings. The van der Waals surface area contributed by atoms with Gasteiger partial charge in [0.25, 0.3) is 0 Å². The van der Waals surface area contributed by atoms with Crippen molar-refractivity contribution >= 4 is 5.96 Å². The van der Waals surface area contributed by atoms with Crippen LogP contribution in [0.1, 0.15) is 11.1 Å². The molecule has 7 nitrogen and oxygen atoms in total. The summed E-state index contributed by atoms with van der Waals surface area (Å²) in [5.41, 5.74) is 2.67. The summed E-state index contributed by atoms with van der Waals surface area (Å²) in [6.45, 7) is 8.86. The smallest absolute Gasteiger partial charge is 0.191 e. The van der Waals surface area contributed by atoms with E-state index in [0.29, 0.717) is 0 Å². The molecule has 0 amide bonds. The number of nitrogens with zero attached hydrogens (tertiary/aromatic N) is 3. The Hall–Kier alpha value is -1.67. The molecule has 2 rings (SSSR count). The van der Waals surface area contributed by atoms with Gasteiger partial charge < -0.3 is 25.0 Å². The SMILES string of the molecule is CN=C(NCCN(C)CCOC)NCc1ccccc1CN1CCOCC1. The van der Waals surface area contributed by atoms with Gasteiger partial charge in [0.15, 0.2) is 5.96 Å². The van der Waals surface area contributed by atoms with Gasteiger partial charge in [-0.25, -0.2) is 0 Å². The lowest BCUT2D eigenvalue weighted by atomic mass is 10.1. The van der Waals surface area contributed by atoms with Crippen molar-refractivity contribution in [1.82, 2.24) is 20.4 Å². The Morgan fingerprint density at radius 3 is 2.63 bits per heavy atom. The van der Waals surface area contributed by atoms with E-state index in [4.69, 9.17) is 9.47 Å². The van der Waals surface area contributed by atoms with E-state index in [1.54, 1.807) is 7.11 Å². The van der Waals surface area contributed by atoms with E-state index in [1.807, 2.05) is 7.05 Å². The fourth-order valence-electron chi connectivity index (χ4n) is 3.01. The summed E-state index contributed by atoms with van der Waals surface area (Å²) in [6, 6.07) is 8.62. The van der Waals surface area contributed by atoms with Crippen LogP contribution in [0.4, 0.5) is 0 Å². The number of nitrogens with one attached hydrogen (secondary N) is 2. The molecule has 0 bridgehead atoms. The highest BCUT2D eigenvalue weighted by molar-refractivity contribution is 5.79. The van der Waals surface area contributed by atoms with Crippen molar-refractivity contribution < 1.29 is 9.47 Å². The molecule has 2 N–H and O–H groups in total. The number of methoxy groups -OCH3 is 1. The Bertz CT molecular complexity index is 561. The van der Waals surface area contributed by atoms with Crippen LogP contribution in [0.15, 0.2) is 29.3 Å². The number of morpholine rings is 1. The van der Waals surface area contributed by atoms with E-state index < -0.39 is 0 Å². The number of aliphatic imine (C=N–C) groups is 1. The number of ether oxygens (including phenoxy) is 2.